The molecule has 0 saturated carbocycles. The quantitative estimate of drug-likeness (QED) is 0.759. The third kappa shape index (κ3) is 3.57. The van der Waals surface area contributed by atoms with Crippen LogP contribution in [0.2, 0.25) is 0 Å². The minimum absolute atomic E-state index is 0.140. The molecule has 0 spiro atoms. The fourth-order valence-electron chi connectivity index (χ4n) is 3.84. The van der Waals surface area contributed by atoms with Gasteiger partial charge in [-0.05, 0) is 61.5 Å². The zero-order chi connectivity index (χ0) is 16.7. The van der Waals surface area contributed by atoms with Crippen molar-refractivity contribution < 1.29 is 9.31 Å². The fourth-order valence-corrected chi connectivity index (χ4v) is 3.84. The molecule has 2 rings (SSSR count). The van der Waals surface area contributed by atoms with Gasteiger partial charge in [0.1, 0.15) is 0 Å². The van der Waals surface area contributed by atoms with E-state index in [2.05, 4.69) is 73.6 Å². The Bertz CT molecular complexity index is 522. The van der Waals surface area contributed by atoms with Gasteiger partial charge in [0, 0.05) is 12.2 Å². The molecule has 0 aliphatic heterocycles. The Hall–Kier alpha value is -0.795. The maximum Gasteiger partial charge on any atom is 0.494 e. The lowest BCUT2D eigenvalue weighted by Gasteiger charge is -2.23. The number of benzene rings is 1. The molecular weight excluding hydrogens is 271 g/mol. The minimum Gasteiger partial charge on any atom is -0.405 e. The summed E-state index contributed by atoms with van der Waals surface area (Å²) >= 11 is 0. The zero-order valence-electron chi connectivity index (χ0n) is 15.5. The summed E-state index contributed by atoms with van der Waals surface area (Å²) in [4.78, 5) is 0. The Balaban J connectivity index is 2.41. The van der Waals surface area contributed by atoms with Gasteiger partial charge in [0.25, 0.3) is 0 Å². The van der Waals surface area contributed by atoms with Crippen molar-refractivity contribution in [1.29, 1.82) is 0 Å². The molecule has 0 amide bonds. The molecule has 1 aromatic carbocycles. The molecule has 1 aromatic rings. The second-order valence-corrected chi connectivity index (χ2v) is 8.45. The van der Waals surface area contributed by atoms with E-state index in [4.69, 9.17) is 9.31 Å². The molecule has 122 valence electrons. The first-order valence-corrected chi connectivity index (χ1v) is 8.49. The van der Waals surface area contributed by atoms with E-state index in [1.807, 2.05) is 0 Å². The highest BCUT2D eigenvalue weighted by Crippen LogP contribution is 2.48. The first-order chi connectivity index (χ1) is 10.0. The average molecular weight is 302 g/mol. The topological polar surface area (TPSA) is 18.5 Å². The largest absolute Gasteiger partial charge is 0.494 e. The molecule has 2 nitrogen and oxygen atoms in total. The maximum absolute atomic E-state index is 6.00. The number of hydrogen-bond donors (Lipinski definition) is 0. The molecule has 1 aliphatic rings. The van der Waals surface area contributed by atoms with Gasteiger partial charge in [-0.3, -0.25) is 0 Å². The third-order valence-electron chi connectivity index (χ3n) is 4.45. The van der Waals surface area contributed by atoms with Crippen molar-refractivity contribution in [2.24, 2.45) is 0 Å². The smallest absolute Gasteiger partial charge is 0.405 e. The molecule has 0 N–H and O–H groups in total. The summed E-state index contributed by atoms with van der Waals surface area (Å²) in [6.45, 7) is 17.6. The van der Waals surface area contributed by atoms with E-state index in [-0.39, 0.29) is 30.2 Å². The molecule has 0 bridgehead atoms. The Kier molecular flexibility index (Phi) is 4.80. The monoisotopic (exact) mass is 302 g/mol. The highest BCUT2D eigenvalue weighted by atomic mass is 16.6. The lowest BCUT2D eigenvalue weighted by Crippen LogP contribution is -2.41. The lowest BCUT2D eigenvalue weighted by atomic mass is 9.74. The van der Waals surface area contributed by atoms with Crippen molar-refractivity contribution in [3.05, 3.63) is 29.3 Å². The van der Waals surface area contributed by atoms with Gasteiger partial charge in [0.2, 0.25) is 0 Å². The van der Waals surface area contributed by atoms with E-state index < -0.39 is 0 Å². The molecule has 0 heterocycles. The van der Waals surface area contributed by atoms with E-state index in [1.54, 1.807) is 0 Å². The summed E-state index contributed by atoms with van der Waals surface area (Å²) in [6, 6.07) is 6.76. The molecule has 1 aliphatic carbocycles. The van der Waals surface area contributed by atoms with Crippen LogP contribution in [0.3, 0.4) is 0 Å². The molecule has 0 radical (unpaired) electrons. The van der Waals surface area contributed by atoms with Gasteiger partial charge in [0.15, 0.2) is 0 Å². The predicted molar refractivity (Wildman–Crippen MR) is 94.9 cm³/mol. The van der Waals surface area contributed by atoms with Crippen LogP contribution < -0.4 is 5.46 Å². The van der Waals surface area contributed by atoms with Crippen LogP contribution in [0.1, 0.15) is 72.9 Å². The van der Waals surface area contributed by atoms with E-state index in [1.165, 1.54) is 17.5 Å². The summed E-state index contributed by atoms with van der Waals surface area (Å²) in [7, 11) is -0.287. The predicted octanol–water partition coefficient (Wildman–Crippen LogP) is 4.19. The van der Waals surface area contributed by atoms with Crippen molar-refractivity contribution in [3.63, 3.8) is 0 Å². The summed E-state index contributed by atoms with van der Waals surface area (Å²) in [6.07, 6.45) is 1.46. The highest BCUT2D eigenvalue weighted by Gasteiger charge is 2.42. The first kappa shape index (κ1) is 17.6. The molecule has 0 fully saturated rings. The van der Waals surface area contributed by atoms with Gasteiger partial charge in [-0.2, -0.15) is 0 Å². The second-order valence-electron chi connectivity index (χ2n) is 8.45. The fraction of sp³-hybridized carbons (Fsp3) is 0.684. The summed E-state index contributed by atoms with van der Waals surface area (Å²) in [5, 5.41) is 0. The normalized spacial score (nSPS) is 18.8. The van der Waals surface area contributed by atoms with E-state index >= 15 is 0 Å². The minimum atomic E-state index is -0.287. The number of fused-ring (bicyclic) bond motifs is 1. The van der Waals surface area contributed by atoms with E-state index in [0.29, 0.717) is 0 Å². The van der Waals surface area contributed by atoms with Gasteiger partial charge in [-0.25, -0.2) is 0 Å². The number of rotatable bonds is 5. The van der Waals surface area contributed by atoms with Gasteiger partial charge >= 0.3 is 7.12 Å². The third-order valence-corrected chi connectivity index (χ3v) is 4.45. The number of hydrogen-bond acceptors (Lipinski definition) is 2. The van der Waals surface area contributed by atoms with Crippen molar-refractivity contribution in [2.75, 3.05) is 0 Å². The lowest BCUT2D eigenvalue weighted by molar-refractivity contribution is 0.139. The molecule has 0 unspecified atom stereocenters. The van der Waals surface area contributed by atoms with Crippen LogP contribution in [0.25, 0.3) is 0 Å². The Labute approximate surface area is 136 Å². The molecule has 0 aromatic heterocycles. The van der Waals surface area contributed by atoms with Gasteiger partial charge in [0.05, 0.1) is 0 Å². The van der Waals surface area contributed by atoms with Crippen LogP contribution in [0.5, 0.6) is 0 Å². The Morgan fingerprint density at radius 1 is 0.864 bits per heavy atom. The van der Waals surface area contributed by atoms with E-state index in [0.717, 1.165) is 5.46 Å². The Morgan fingerprint density at radius 3 is 1.86 bits per heavy atom. The van der Waals surface area contributed by atoms with Crippen LogP contribution in [0, 0.1) is 0 Å². The van der Waals surface area contributed by atoms with Gasteiger partial charge in [-0.1, -0.05) is 45.9 Å². The van der Waals surface area contributed by atoms with Crippen LogP contribution in [-0.4, -0.2) is 19.3 Å². The van der Waals surface area contributed by atoms with Crippen molar-refractivity contribution >= 4 is 12.6 Å². The Morgan fingerprint density at radius 2 is 1.36 bits per heavy atom. The summed E-state index contributed by atoms with van der Waals surface area (Å²) in [5.74, 6) is 0. The molecule has 0 atom stereocenters. The van der Waals surface area contributed by atoms with Crippen LogP contribution in [0.4, 0.5) is 0 Å². The summed E-state index contributed by atoms with van der Waals surface area (Å²) in [5.41, 5.74) is 4.49. The van der Waals surface area contributed by atoms with Gasteiger partial charge in [-0.15, -0.1) is 0 Å². The standard InChI is InChI=1S/C19H31BO2/c1-13(2)21-20(22-14(3)4)15-9-10-16-17(11-15)19(7,8)12-18(16,5)6/h9-11,13-14H,12H2,1-8H3. The van der Waals surface area contributed by atoms with Crippen LogP contribution in [0.15, 0.2) is 18.2 Å². The second kappa shape index (κ2) is 6.01. The molecule has 22 heavy (non-hydrogen) atoms. The van der Waals surface area contributed by atoms with Crippen molar-refractivity contribution in [2.45, 2.75) is 84.8 Å². The van der Waals surface area contributed by atoms with Gasteiger partial charge < -0.3 is 9.31 Å². The average Bonchev–Trinajstić information content (AvgIpc) is 2.53. The van der Waals surface area contributed by atoms with Crippen LogP contribution in [-0.2, 0) is 20.1 Å². The molecule has 3 heteroatoms. The first-order valence-electron chi connectivity index (χ1n) is 8.49. The zero-order valence-corrected chi connectivity index (χ0v) is 15.5. The SMILES string of the molecule is CC(C)OB(OC(C)C)c1ccc2c(c1)C(C)(C)CC2(C)C. The highest BCUT2D eigenvalue weighted by molar-refractivity contribution is 6.61. The maximum atomic E-state index is 6.00. The van der Waals surface area contributed by atoms with Crippen molar-refractivity contribution in [3.8, 4) is 0 Å². The van der Waals surface area contributed by atoms with Crippen molar-refractivity contribution in [1.82, 2.24) is 0 Å². The van der Waals surface area contributed by atoms with E-state index in [9.17, 15) is 0 Å². The molecule has 0 saturated heterocycles. The summed E-state index contributed by atoms with van der Waals surface area (Å²) < 4.78 is 12.0. The molecular formula is C19H31BO2. The van der Waals surface area contributed by atoms with Crippen LogP contribution >= 0.6 is 0 Å².